The number of rotatable bonds is 8. The largest absolute Gasteiger partial charge is 0.497 e. The van der Waals surface area contributed by atoms with Gasteiger partial charge in [0.2, 0.25) is 5.95 Å². The lowest BCUT2D eigenvalue weighted by Crippen LogP contribution is -2.15. The van der Waals surface area contributed by atoms with Crippen molar-refractivity contribution < 1.29 is 19.0 Å². The molecule has 0 fully saturated rings. The number of carbonyl (C=O) groups excluding carboxylic acids is 1. The second-order valence-electron chi connectivity index (χ2n) is 5.87. The molecule has 0 spiro atoms. The summed E-state index contributed by atoms with van der Waals surface area (Å²) in [6, 6.07) is 14.1. The van der Waals surface area contributed by atoms with E-state index in [0.717, 1.165) is 11.4 Å². The molecule has 3 aromatic rings. The predicted octanol–water partition coefficient (Wildman–Crippen LogP) is 3.89. The maximum absolute atomic E-state index is 12.7. The van der Waals surface area contributed by atoms with E-state index < -0.39 is 5.91 Å². The van der Waals surface area contributed by atoms with Crippen molar-refractivity contribution in [2.75, 3.05) is 31.5 Å². The minimum atomic E-state index is -0.395. The summed E-state index contributed by atoms with van der Waals surface area (Å²) in [5, 5.41) is 5.86. The first-order valence-electron chi connectivity index (χ1n) is 8.99. The molecule has 1 amide bonds. The van der Waals surface area contributed by atoms with Gasteiger partial charge in [0.25, 0.3) is 5.91 Å². The van der Waals surface area contributed by atoms with Crippen molar-refractivity contribution in [3.63, 3.8) is 0 Å². The molecule has 0 aliphatic heterocycles. The molecule has 2 aromatic carbocycles. The van der Waals surface area contributed by atoms with E-state index in [1.807, 2.05) is 31.2 Å². The zero-order valence-electron chi connectivity index (χ0n) is 16.4. The molecule has 0 saturated carbocycles. The smallest absolute Gasteiger partial charge is 0.274 e. The molecule has 8 nitrogen and oxygen atoms in total. The van der Waals surface area contributed by atoms with E-state index in [2.05, 4.69) is 20.6 Å². The number of carbonyl (C=O) groups is 1. The van der Waals surface area contributed by atoms with Crippen LogP contribution in [0.3, 0.4) is 0 Å². The van der Waals surface area contributed by atoms with Gasteiger partial charge in [0.05, 0.1) is 26.5 Å². The molecule has 0 bridgehead atoms. The van der Waals surface area contributed by atoms with Crippen LogP contribution in [0, 0.1) is 0 Å². The second kappa shape index (κ2) is 9.41. The fourth-order valence-electron chi connectivity index (χ4n) is 2.57. The van der Waals surface area contributed by atoms with E-state index in [0.29, 0.717) is 29.7 Å². The molecule has 1 aromatic heterocycles. The van der Waals surface area contributed by atoms with Crippen LogP contribution in [0.25, 0.3) is 0 Å². The van der Waals surface area contributed by atoms with Gasteiger partial charge < -0.3 is 24.8 Å². The number of ether oxygens (including phenoxy) is 3. The van der Waals surface area contributed by atoms with Gasteiger partial charge in [-0.1, -0.05) is 0 Å². The Morgan fingerprint density at radius 3 is 2.45 bits per heavy atom. The van der Waals surface area contributed by atoms with Crippen LogP contribution in [0.4, 0.5) is 17.3 Å². The summed E-state index contributed by atoms with van der Waals surface area (Å²) in [7, 11) is 3.08. The lowest BCUT2D eigenvalue weighted by atomic mass is 10.2. The van der Waals surface area contributed by atoms with Gasteiger partial charge in [-0.05, 0) is 49.4 Å². The summed E-state index contributed by atoms with van der Waals surface area (Å²) in [6.45, 7) is 2.53. The predicted molar refractivity (Wildman–Crippen MR) is 110 cm³/mol. The number of amides is 1. The van der Waals surface area contributed by atoms with E-state index in [9.17, 15) is 4.79 Å². The quantitative estimate of drug-likeness (QED) is 0.598. The third-order valence-electron chi connectivity index (χ3n) is 3.96. The van der Waals surface area contributed by atoms with Crippen LogP contribution in [0.1, 0.15) is 17.4 Å². The molecular weight excluding hydrogens is 372 g/mol. The van der Waals surface area contributed by atoms with Gasteiger partial charge in [-0.2, -0.15) is 0 Å². The Morgan fingerprint density at radius 2 is 1.76 bits per heavy atom. The number of hydrogen-bond acceptors (Lipinski definition) is 7. The average molecular weight is 394 g/mol. The van der Waals surface area contributed by atoms with Gasteiger partial charge in [-0.3, -0.25) is 4.79 Å². The van der Waals surface area contributed by atoms with Crippen LogP contribution >= 0.6 is 0 Å². The van der Waals surface area contributed by atoms with Crippen molar-refractivity contribution in [1.82, 2.24) is 9.97 Å². The highest BCUT2D eigenvalue weighted by Gasteiger charge is 2.13. The van der Waals surface area contributed by atoms with E-state index in [1.54, 1.807) is 25.3 Å². The number of nitrogens with one attached hydrogen (secondary N) is 2. The van der Waals surface area contributed by atoms with Crippen LogP contribution in [-0.4, -0.2) is 36.7 Å². The van der Waals surface area contributed by atoms with Gasteiger partial charge in [0, 0.05) is 18.0 Å². The SMILES string of the molecule is CCOc1ccc(Nc2nccc(C(=O)Nc3cc(OC)ccc3OC)n2)cc1. The van der Waals surface area contributed by atoms with Gasteiger partial charge >= 0.3 is 0 Å². The van der Waals surface area contributed by atoms with Crippen LogP contribution in [0.15, 0.2) is 54.7 Å². The van der Waals surface area contributed by atoms with Gasteiger partial charge in [0.15, 0.2) is 0 Å². The highest BCUT2D eigenvalue weighted by molar-refractivity contribution is 6.04. The van der Waals surface area contributed by atoms with Gasteiger partial charge in [0.1, 0.15) is 22.9 Å². The number of methoxy groups -OCH3 is 2. The molecule has 2 N–H and O–H groups in total. The molecule has 150 valence electrons. The molecule has 8 heteroatoms. The van der Waals surface area contributed by atoms with E-state index in [1.165, 1.54) is 19.4 Å². The Bertz CT molecular complexity index is 977. The van der Waals surface area contributed by atoms with Crippen LogP contribution in [0.2, 0.25) is 0 Å². The summed E-state index contributed by atoms with van der Waals surface area (Å²) in [5.74, 6) is 1.80. The summed E-state index contributed by atoms with van der Waals surface area (Å²) in [4.78, 5) is 21.1. The monoisotopic (exact) mass is 394 g/mol. The summed E-state index contributed by atoms with van der Waals surface area (Å²) in [5.41, 5.74) is 1.47. The third-order valence-corrected chi connectivity index (χ3v) is 3.96. The molecule has 29 heavy (non-hydrogen) atoms. The topological polar surface area (TPSA) is 94.6 Å². The molecule has 0 aliphatic carbocycles. The fourth-order valence-corrected chi connectivity index (χ4v) is 2.57. The van der Waals surface area contributed by atoms with Crippen LogP contribution in [-0.2, 0) is 0 Å². The average Bonchev–Trinajstić information content (AvgIpc) is 2.75. The Morgan fingerprint density at radius 1 is 1.00 bits per heavy atom. The molecule has 0 aliphatic rings. The van der Waals surface area contributed by atoms with Crippen molar-refractivity contribution in [2.24, 2.45) is 0 Å². The molecule has 0 saturated heterocycles. The first kappa shape index (κ1) is 19.9. The third kappa shape index (κ3) is 5.13. The molecule has 1 heterocycles. The minimum absolute atomic E-state index is 0.207. The minimum Gasteiger partial charge on any atom is -0.497 e. The molecule has 3 rings (SSSR count). The summed E-state index contributed by atoms with van der Waals surface area (Å²) >= 11 is 0. The van der Waals surface area contributed by atoms with Crippen LogP contribution in [0.5, 0.6) is 17.2 Å². The number of aromatic nitrogens is 2. The Balaban J connectivity index is 1.74. The second-order valence-corrected chi connectivity index (χ2v) is 5.87. The normalized spacial score (nSPS) is 10.2. The van der Waals surface area contributed by atoms with Crippen molar-refractivity contribution in [3.05, 3.63) is 60.4 Å². The maximum atomic E-state index is 12.7. The number of benzene rings is 2. The summed E-state index contributed by atoms with van der Waals surface area (Å²) < 4.78 is 15.9. The van der Waals surface area contributed by atoms with Crippen molar-refractivity contribution >= 4 is 23.2 Å². The first-order chi connectivity index (χ1) is 14.1. The molecule has 0 atom stereocenters. The molecule has 0 radical (unpaired) electrons. The lowest BCUT2D eigenvalue weighted by molar-refractivity contribution is 0.102. The Labute approximate surface area is 168 Å². The first-order valence-corrected chi connectivity index (χ1v) is 8.99. The molecule has 0 unspecified atom stereocenters. The number of anilines is 3. The Hall–Kier alpha value is -3.81. The number of nitrogens with zero attached hydrogens (tertiary/aromatic N) is 2. The number of hydrogen-bond donors (Lipinski definition) is 2. The Kier molecular flexibility index (Phi) is 6.47. The van der Waals surface area contributed by atoms with Crippen LogP contribution < -0.4 is 24.8 Å². The van der Waals surface area contributed by atoms with Gasteiger partial charge in [-0.25, -0.2) is 9.97 Å². The van der Waals surface area contributed by atoms with E-state index in [4.69, 9.17) is 14.2 Å². The molecular formula is C21H22N4O4. The highest BCUT2D eigenvalue weighted by Crippen LogP contribution is 2.29. The van der Waals surface area contributed by atoms with E-state index in [-0.39, 0.29) is 5.69 Å². The maximum Gasteiger partial charge on any atom is 0.274 e. The highest BCUT2D eigenvalue weighted by atomic mass is 16.5. The lowest BCUT2D eigenvalue weighted by Gasteiger charge is -2.12. The summed E-state index contributed by atoms with van der Waals surface area (Å²) in [6.07, 6.45) is 1.52. The van der Waals surface area contributed by atoms with Crippen molar-refractivity contribution in [3.8, 4) is 17.2 Å². The van der Waals surface area contributed by atoms with Crippen molar-refractivity contribution in [1.29, 1.82) is 0 Å². The van der Waals surface area contributed by atoms with Gasteiger partial charge in [-0.15, -0.1) is 0 Å². The van der Waals surface area contributed by atoms with Crippen molar-refractivity contribution in [2.45, 2.75) is 6.92 Å². The zero-order chi connectivity index (χ0) is 20.6. The van der Waals surface area contributed by atoms with E-state index >= 15 is 0 Å². The standard InChI is InChI=1S/C21H22N4O4/c1-4-29-15-7-5-14(6-8-15)23-21-22-12-11-17(25-21)20(26)24-18-13-16(27-2)9-10-19(18)28-3/h5-13H,4H2,1-3H3,(H,24,26)(H,22,23,25). The fraction of sp³-hybridized carbons (Fsp3) is 0.190. The zero-order valence-corrected chi connectivity index (χ0v) is 16.4.